The molecule has 1 aliphatic rings. The molecule has 1 fully saturated rings. The molecule has 0 spiro atoms. The van der Waals surface area contributed by atoms with Crippen LogP contribution < -0.4 is 10.6 Å². The van der Waals surface area contributed by atoms with Crippen LogP contribution in [0.5, 0.6) is 0 Å². The van der Waals surface area contributed by atoms with Crippen molar-refractivity contribution in [2.45, 2.75) is 6.92 Å². The number of para-hydroxylation sites is 1. The quantitative estimate of drug-likeness (QED) is 0.486. The van der Waals surface area contributed by atoms with Crippen LogP contribution in [0.4, 0.5) is 17.1 Å². The molecule has 7 nitrogen and oxygen atoms in total. The number of benzene rings is 2. The van der Waals surface area contributed by atoms with Crippen molar-refractivity contribution in [1.29, 1.82) is 0 Å². The van der Waals surface area contributed by atoms with Crippen molar-refractivity contribution in [2.24, 2.45) is 4.99 Å². The van der Waals surface area contributed by atoms with Crippen molar-refractivity contribution in [3.05, 3.63) is 68.6 Å². The molecule has 1 heterocycles. The summed E-state index contributed by atoms with van der Waals surface area (Å²) < 4.78 is 0. The summed E-state index contributed by atoms with van der Waals surface area (Å²) in [5, 5.41) is 17.1. The Labute approximate surface area is 154 Å². The number of nitrogens with one attached hydrogen (secondary N) is 2. The Balaban J connectivity index is 1.89. The minimum absolute atomic E-state index is 0.0425. The van der Waals surface area contributed by atoms with Crippen LogP contribution in [-0.4, -0.2) is 23.0 Å². The van der Waals surface area contributed by atoms with Gasteiger partial charge in [0.2, 0.25) is 0 Å². The van der Waals surface area contributed by atoms with Crippen LogP contribution in [0.3, 0.4) is 0 Å². The van der Waals surface area contributed by atoms with Gasteiger partial charge in [-0.1, -0.05) is 24.3 Å². The Morgan fingerprint density at radius 2 is 2.04 bits per heavy atom. The highest BCUT2D eigenvalue weighted by molar-refractivity contribution is 8.18. The second-order valence-corrected chi connectivity index (χ2v) is 6.58. The number of amidine groups is 1. The standard InChI is InChI=1S/C18H16N4O3S/c1-11-5-3-4-6-13(11)20-18-21-17(23)16(26-18)10-12-7-8-14(19-2)15(9-12)22(24)25/h3-10,19H,1-2H3,(H,20,21,23)/b16-10-. The summed E-state index contributed by atoms with van der Waals surface area (Å²) in [4.78, 5) is 27.8. The third-order valence-corrected chi connectivity index (χ3v) is 4.68. The number of aliphatic imine (C=N–C) groups is 1. The van der Waals surface area contributed by atoms with Gasteiger partial charge in [0.05, 0.1) is 15.5 Å². The molecule has 1 amide bonds. The Kier molecular flexibility index (Phi) is 5.04. The van der Waals surface area contributed by atoms with Gasteiger partial charge in [-0.15, -0.1) is 0 Å². The number of rotatable bonds is 4. The van der Waals surface area contributed by atoms with Gasteiger partial charge in [0.15, 0.2) is 5.17 Å². The average molecular weight is 368 g/mol. The van der Waals surface area contributed by atoms with E-state index in [1.165, 1.54) is 17.8 Å². The smallest absolute Gasteiger partial charge is 0.292 e. The van der Waals surface area contributed by atoms with Crippen molar-refractivity contribution in [2.75, 3.05) is 12.4 Å². The average Bonchev–Trinajstić information content (AvgIpc) is 2.96. The largest absolute Gasteiger partial charge is 0.383 e. The van der Waals surface area contributed by atoms with Gasteiger partial charge >= 0.3 is 0 Å². The molecule has 132 valence electrons. The molecular formula is C18H16N4O3S. The summed E-state index contributed by atoms with van der Waals surface area (Å²) in [6, 6.07) is 12.4. The molecule has 0 aliphatic carbocycles. The Hall–Kier alpha value is -3.13. The van der Waals surface area contributed by atoms with E-state index in [1.54, 1.807) is 25.3 Å². The van der Waals surface area contributed by atoms with Gasteiger partial charge in [-0.2, -0.15) is 0 Å². The van der Waals surface area contributed by atoms with E-state index < -0.39 is 4.92 Å². The molecule has 2 aromatic carbocycles. The monoisotopic (exact) mass is 368 g/mol. The number of carbonyl (C=O) groups excluding carboxylic acids is 1. The normalized spacial score (nSPS) is 16.8. The highest BCUT2D eigenvalue weighted by atomic mass is 32.2. The van der Waals surface area contributed by atoms with Gasteiger partial charge in [-0.25, -0.2) is 4.99 Å². The molecule has 0 unspecified atom stereocenters. The molecule has 1 saturated heterocycles. The molecule has 0 aromatic heterocycles. The number of nitro groups is 1. The van der Waals surface area contributed by atoms with Crippen molar-refractivity contribution in [3.8, 4) is 0 Å². The molecule has 1 aliphatic heterocycles. The number of hydrogen-bond acceptors (Lipinski definition) is 6. The van der Waals surface area contributed by atoms with Gasteiger partial charge in [-0.05, 0) is 48.0 Å². The van der Waals surface area contributed by atoms with Gasteiger partial charge in [0.25, 0.3) is 11.6 Å². The number of thioether (sulfide) groups is 1. The lowest BCUT2D eigenvalue weighted by Gasteiger charge is -2.03. The molecule has 2 aromatic rings. The minimum Gasteiger partial charge on any atom is -0.383 e. The maximum absolute atomic E-state index is 12.2. The number of nitrogens with zero attached hydrogens (tertiary/aromatic N) is 2. The third-order valence-electron chi connectivity index (χ3n) is 3.77. The molecule has 8 heteroatoms. The van der Waals surface area contributed by atoms with Crippen molar-refractivity contribution < 1.29 is 9.72 Å². The van der Waals surface area contributed by atoms with E-state index in [0.29, 0.717) is 21.3 Å². The molecule has 2 N–H and O–H groups in total. The fourth-order valence-corrected chi connectivity index (χ4v) is 3.27. The van der Waals surface area contributed by atoms with E-state index in [9.17, 15) is 14.9 Å². The predicted octanol–water partition coefficient (Wildman–Crippen LogP) is 3.84. The number of aryl methyl sites for hydroxylation is 1. The van der Waals surface area contributed by atoms with E-state index >= 15 is 0 Å². The lowest BCUT2D eigenvalue weighted by Crippen LogP contribution is -2.19. The fourth-order valence-electron chi connectivity index (χ4n) is 2.43. The molecule has 0 saturated carbocycles. The van der Waals surface area contributed by atoms with Crippen LogP contribution in [0, 0.1) is 17.0 Å². The van der Waals surface area contributed by atoms with Crippen LogP contribution in [0.25, 0.3) is 6.08 Å². The lowest BCUT2D eigenvalue weighted by molar-refractivity contribution is -0.384. The topological polar surface area (TPSA) is 96.6 Å². The maximum Gasteiger partial charge on any atom is 0.292 e. The van der Waals surface area contributed by atoms with E-state index in [-0.39, 0.29) is 11.6 Å². The van der Waals surface area contributed by atoms with Crippen molar-refractivity contribution in [3.63, 3.8) is 0 Å². The summed E-state index contributed by atoms with van der Waals surface area (Å²) in [7, 11) is 1.62. The Bertz CT molecular complexity index is 953. The summed E-state index contributed by atoms with van der Waals surface area (Å²) in [6.45, 7) is 1.94. The highest BCUT2D eigenvalue weighted by Gasteiger charge is 2.24. The first-order valence-corrected chi connectivity index (χ1v) is 8.61. The SMILES string of the molecule is CNc1ccc(/C=C2\SC(=Nc3ccccc3C)NC2=O)cc1[N+](=O)[O-]. The first-order chi connectivity index (χ1) is 12.5. The number of carbonyl (C=O) groups is 1. The molecule has 3 rings (SSSR count). The number of hydrogen-bond donors (Lipinski definition) is 2. The van der Waals surface area contributed by atoms with Crippen LogP contribution in [0.1, 0.15) is 11.1 Å². The zero-order valence-corrected chi connectivity index (χ0v) is 15.0. The van der Waals surface area contributed by atoms with Gasteiger partial charge in [0.1, 0.15) is 5.69 Å². The second-order valence-electron chi connectivity index (χ2n) is 5.55. The molecule has 0 bridgehead atoms. The van der Waals surface area contributed by atoms with Crippen molar-refractivity contribution in [1.82, 2.24) is 5.32 Å². The third kappa shape index (κ3) is 3.75. The molecule has 0 atom stereocenters. The van der Waals surface area contributed by atoms with Gasteiger partial charge in [-0.3, -0.25) is 14.9 Å². The second kappa shape index (κ2) is 7.40. The fraction of sp³-hybridized carbons (Fsp3) is 0.111. The van der Waals surface area contributed by atoms with E-state index in [1.807, 2.05) is 31.2 Å². The zero-order valence-electron chi connectivity index (χ0n) is 14.1. The summed E-state index contributed by atoms with van der Waals surface area (Å²) in [6.07, 6.45) is 1.62. The van der Waals surface area contributed by atoms with Crippen molar-refractivity contribution >= 4 is 46.0 Å². The maximum atomic E-state index is 12.2. The molecule has 26 heavy (non-hydrogen) atoms. The number of anilines is 1. The first kappa shape index (κ1) is 17.7. The minimum atomic E-state index is -0.458. The predicted molar refractivity (Wildman–Crippen MR) is 105 cm³/mol. The van der Waals surface area contributed by atoms with Crippen LogP contribution >= 0.6 is 11.8 Å². The zero-order chi connectivity index (χ0) is 18.7. The number of amides is 1. The van der Waals surface area contributed by atoms with Gasteiger partial charge in [0, 0.05) is 13.1 Å². The molecule has 0 radical (unpaired) electrons. The first-order valence-electron chi connectivity index (χ1n) is 7.79. The highest BCUT2D eigenvalue weighted by Crippen LogP contribution is 2.31. The summed E-state index contributed by atoms with van der Waals surface area (Å²) in [5.41, 5.74) is 2.74. The van der Waals surface area contributed by atoms with E-state index in [2.05, 4.69) is 15.6 Å². The van der Waals surface area contributed by atoms with E-state index in [0.717, 1.165) is 11.3 Å². The Morgan fingerprint density at radius 1 is 1.27 bits per heavy atom. The number of nitro benzene ring substituents is 1. The van der Waals surface area contributed by atoms with E-state index in [4.69, 9.17) is 0 Å². The van der Waals surface area contributed by atoms with Gasteiger partial charge < -0.3 is 10.6 Å². The molecular weight excluding hydrogens is 352 g/mol. The lowest BCUT2D eigenvalue weighted by atomic mass is 10.1. The summed E-state index contributed by atoms with van der Waals surface area (Å²) >= 11 is 1.21. The Morgan fingerprint density at radius 3 is 2.73 bits per heavy atom. The van der Waals surface area contributed by atoms with Crippen LogP contribution in [0.2, 0.25) is 0 Å². The summed E-state index contributed by atoms with van der Waals surface area (Å²) in [5.74, 6) is -0.275. The van der Waals surface area contributed by atoms with Crippen LogP contribution in [0.15, 0.2) is 52.4 Å². The van der Waals surface area contributed by atoms with Crippen LogP contribution in [-0.2, 0) is 4.79 Å².